The fraction of sp³-hybridized carbons (Fsp3) is 0.364. The summed E-state index contributed by atoms with van der Waals surface area (Å²) in [5.74, 6) is -0.0951. The van der Waals surface area contributed by atoms with Crippen molar-refractivity contribution in [3.8, 4) is 0 Å². The largest absolute Gasteiger partial charge is 0.326 e. The zero-order valence-electron chi connectivity index (χ0n) is 8.47. The van der Waals surface area contributed by atoms with E-state index < -0.39 is 6.43 Å². The maximum absolute atomic E-state index is 12.2. The molecule has 1 aromatic carbocycles. The molecule has 0 heterocycles. The molecule has 0 saturated carbocycles. The second-order valence-corrected chi connectivity index (χ2v) is 3.22. The zero-order valence-corrected chi connectivity index (χ0v) is 8.47. The van der Waals surface area contributed by atoms with Crippen molar-refractivity contribution in [1.82, 2.24) is 0 Å². The van der Waals surface area contributed by atoms with E-state index in [1.165, 1.54) is 24.3 Å². The van der Waals surface area contributed by atoms with E-state index in [9.17, 15) is 13.6 Å². The molecule has 0 aliphatic heterocycles. The van der Waals surface area contributed by atoms with Crippen LogP contribution in [0.1, 0.15) is 31.8 Å². The number of anilines is 1. The van der Waals surface area contributed by atoms with Gasteiger partial charge >= 0.3 is 0 Å². The van der Waals surface area contributed by atoms with Gasteiger partial charge in [-0.3, -0.25) is 4.79 Å². The number of hydrogen-bond acceptors (Lipinski definition) is 1. The van der Waals surface area contributed by atoms with Crippen LogP contribution in [0.5, 0.6) is 0 Å². The molecule has 4 heteroatoms. The third-order valence-electron chi connectivity index (χ3n) is 1.92. The van der Waals surface area contributed by atoms with Crippen molar-refractivity contribution in [2.24, 2.45) is 0 Å². The Morgan fingerprint density at radius 3 is 2.40 bits per heavy atom. The molecular formula is C11H13F2NO. The predicted octanol–water partition coefficient (Wildman–Crippen LogP) is 3.36. The van der Waals surface area contributed by atoms with Gasteiger partial charge in [-0.15, -0.1) is 0 Å². The van der Waals surface area contributed by atoms with Crippen LogP contribution in [0.4, 0.5) is 14.5 Å². The molecule has 0 fully saturated rings. The summed E-state index contributed by atoms with van der Waals surface area (Å²) in [7, 11) is 0. The minimum absolute atomic E-state index is 0.0384. The number of rotatable bonds is 4. The van der Waals surface area contributed by atoms with E-state index in [1.807, 2.05) is 6.92 Å². The fourth-order valence-corrected chi connectivity index (χ4v) is 1.16. The highest BCUT2D eigenvalue weighted by atomic mass is 19.3. The predicted molar refractivity (Wildman–Crippen MR) is 54.9 cm³/mol. The summed E-state index contributed by atoms with van der Waals surface area (Å²) in [6.45, 7) is 1.90. The van der Waals surface area contributed by atoms with Crippen LogP contribution in [-0.2, 0) is 4.79 Å². The third-order valence-corrected chi connectivity index (χ3v) is 1.92. The number of halogens is 2. The first-order chi connectivity index (χ1) is 7.13. The molecule has 0 bridgehead atoms. The molecule has 15 heavy (non-hydrogen) atoms. The van der Waals surface area contributed by atoms with E-state index in [0.717, 1.165) is 6.42 Å². The molecule has 82 valence electrons. The lowest BCUT2D eigenvalue weighted by atomic mass is 10.2. The van der Waals surface area contributed by atoms with E-state index in [2.05, 4.69) is 5.32 Å². The molecule has 1 N–H and O–H groups in total. The Morgan fingerprint density at radius 2 is 1.93 bits per heavy atom. The Morgan fingerprint density at radius 1 is 1.33 bits per heavy atom. The van der Waals surface area contributed by atoms with Gasteiger partial charge in [0, 0.05) is 17.7 Å². The van der Waals surface area contributed by atoms with Crippen LogP contribution in [-0.4, -0.2) is 5.91 Å². The van der Waals surface area contributed by atoms with Crippen LogP contribution in [0, 0.1) is 0 Å². The monoisotopic (exact) mass is 213 g/mol. The molecule has 1 rings (SSSR count). The van der Waals surface area contributed by atoms with Crippen molar-refractivity contribution in [2.75, 3.05) is 5.32 Å². The molecule has 0 radical (unpaired) electrons. The second-order valence-electron chi connectivity index (χ2n) is 3.22. The van der Waals surface area contributed by atoms with Crippen LogP contribution in [0.3, 0.4) is 0 Å². The summed E-state index contributed by atoms with van der Waals surface area (Å²) in [5, 5.41) is 2.63. The van der Waals surface area contributed by atoms with Gasteiger partial charge in [-0.1, -0.05) is 19.1 Å². The Labute approximate surface area is 87.3 Å². The van der Waals surface area contributed by atoms with Gasteiger partial charge in [0.05, 0.1) is 0 Å². The van der Waals surface area contributed by atoms with Gasteiger partial charge in [0.15, 0.2) is 0 Å². The Hall–Kier alpha value is -1.45. The Balaban J connectivity index is 2.60. The van der Waals surface area contributed by atoms with Gasteiger partial charge in [0.25, 0.3) is 6.43 Å². The minimum Gasteiger partial charge on any atom is -0.326 e. The van der Waals surface area contributed by atoms with Gasteiger partial charge in [0.1, 0.15) is 0 Å². The van der Waals surface area contributed by atoms with Gasteiger partial charge in [0.2, 0.25) is 5.91 Å². The Kier molecular flexibility index (Phi) is 4.21. The van der Waals surface area contributed by atoms with E-state index in [-0.39, 0.29) is 11.5 Å². The summed E-state index contributed by atoms with van der Waals surface area (Å²) in [6, 6.07) is 5.59. The minimum atomic E-state index is -2.47. The van der Waals surface area contributed by atoms with Crippen molar-refractivity contribution >= 4 is 11.6 Å². The number of amides is 1. The van der Waals surface area contributed by atoms with E-state index in [1.54, 1.807) is 0 Å². The highest BCUT2D eigenvalue weighted by molar-refractivity contribution is 5.90. The summed E-state index contributed by atoms with van der Waals surface area (Å²) in [4.78, 5) is 11.2. The van der Waals surface area contributed by atoms with Crippen LogP contribution >= 0.6 is 0 Å². The van der Waals surface area contributed by atoms with E-state index in [0.29, 0.717) is 12.1 Å². The highest BCUT2D eigenvalue weighted by Gasteiger charge is 2.06. The molecule has 1 aromatic rings. The number of alkyl halides is 2. The van der Waals surface area contributed by atoms with Crippen molar-refractivity contribution in [3.05, 3.63) is 29.8 Å². The van der Waals surface area contributed by atoms with Crippen LogP contribution in [0.2, 0.25) is 0 Å². The van der Waals surface area contributed by atoms with Gasteiger partial charge in [-0.05, 0) is 18.6 Å². The van der Waals surface area contributed by atoms with E-state index in [4.69, 9.17) is 0 Å². The standard InChI is InChI=1S/C11H13F2NO/c1-2-3-10(15)14-9-6-4-8(5-7-9)11(12)13/h4-7,11H,2-3H2,1H3,(H,14,15). The van der Waals surface area contributed by atoms with Gasteiger partial charge < -0.3 is 5.32 Å². The number of nitrogens with one attached hydrogen (secondary N) is 1. The quantitative estimate of drug-likeness (QED) is 0.816. The lowest BCUT2D eigenvalue weighted by Gasteiger charge is -2.05. The summed E-state index contributed by atoms with van der Waals surface area (Å²) in [6.07, 6.45) is -1.26. The molecule has 0 aromatic heterocycles. The molecule has 2 nitrogen and oxygen atoms in total. The SMILES string of the molecule is CCCC(=O)Nc1ccc(C(F)F)cc1. The number of benzene rings is 1. The summed E-state index contributed by atoms with van der Waals surface area (Å²) >= 11 is 0. The normalized spacial score (nSPS) is 10.4. The van der Waals surface area contributed by atoms with Crippen molar-refractivity contribution < 1.29 is 13.6 Å². The summed E-state index contributed by atoms with van der Waals surface area (Å²) in [5.41, 5.74) is 0.515. The van der Waals surface area contributed by atoms with Crippen LogP contribution < -0.4 is 5.32 Å². The highest BCUT2D eigenvalue weighted by Crippen LogP contribution is 2.20. The van der Waals surface area contributed by atoms with Gasteiger partial charge in [-0.2, -0.15) is 0 Å². The van der Waals surface area contributed by atoms with Crippen molar-refractivity contribution in [3.63, 3.8) is 0 Å². The average molecular weight is 213 g/mol. The first-order valence-corrected chi connectivity index (χ1v) is 4.81. The number of carbonyl (C=O) groups excluding carboxylic acids is 1. The smallest absolute Gasteiger partial charge is 0.263 e. The molecule has 0 spiro atoms. The summed E-state index contributed by atoms with van der Waals surface area (Å²) < 4.78 is 24.4. The average Bonchev–Trinajstić information content (AvgIpc) is 2.18. The number of carbonyl (C=O) groups is 1. The lowest BCUT2D eigenvalue weighted by molar-refractivity contribution is -0.116. The molecule has 0 aliphatic carbocycles. The van der Waals surface area contributed by atoms with Crippen molar-refractivity contribution in [1.29, 1.82) is 0 Å². The molecule has 0 atom stereocenters. The molecule has 0 aliphatic rings. The Bertz CT molecular complexity index is 322. The first-order valence-electron chi connectivity index (χ1n) is 4.81. The van der Waals surface area contributed by atoms with Gasteiger partial charge in [-0.25, -0.2) is 8.78 Å². The molecular weight excluding hydrogens is 200 g/mol. The van der Waals surface area contributed by atoms with E-state index >= 15 is 0 Å². The third kappa shape index (κ3) is 3.65. The van der Waals surface area contributed by atoms with Crippen LogP contribution in [0.25, 0.3) is 0 Å². The zero-order chi connectivity index (χ0) is 11.3. The molecule has 0 unspecified atom stereocenters. The maximum Gasteiger partial charge on any atom is 0.263 e. The second kappa shape index (κ2) is 5.44. The number of hydrogen-bond donors (Lipinski definition) is 1. The van der Waals surface area contributed by atoms with Crippen LogP contribution in [0.15, 0.2) is 24.3 Å². The fourth-order valence-electron chi connectivity index (χ4n) is 1.16. The lowest BCUT2D eigenvalue weighted by Crippen LogP contribution is -2.10. The first kappa shape index (κ1) is 11.6. The van der Waals surface area contributed by atoms with Crippen molar-refractivity contribution in [2.45, 2.75) is 26.2 Å². The maximum atomic E-state index is 12.2. The molecule has 0 saturated heterocycles. The topological polar surface area (TPSA) is 29.1 Å². The molecule has 1 amide bonds.